The molecule has 0 bridgehead atoms. The van der Waals surface area contributed by atoms with Crippen molar-refractivity contribution < 1.29 is 9.53 Å². The molecule has 2 atom stereocenters. The largest absolute Gasteiger partial charge is 0.410 e. The number of fused-ring (bicyclic) bond motifs is 1. The van der Waals surface area contributed by atoms with Crippen molar-refractivity contribution in [1.29, 1.82) is 0 Å². The summed E-state index contributed by atoms with van der Waals surface area (Å²) < 4.78 is 8.79. The van der Waals surface area contributed by atoms with E-state index in [1.165, 1.54) is 24.8 Å². The first-order valence-electron chi connectivity index (χ1n) is 12.8. The van der Waals surface area contributed by atoms with Crippen molar-refractivity contribution >= 4 is 31.5 Å². The van der Waals surface area contributed by atoms with Gasteiger partial charge in [0.05, 0.1) is 17.7 Å². The molecule has 4 rings (SSSR count). The number of hydrogen-bond donors (Lipinski definition) is 1. The fraction of sp³-hybridized carbons (Fsp3) is 0.517. The number of aliphatic hydroxyl groups is 1. The zero-order valence-corrected chi connectivity index (χ0v) is 23.8. The van der Waals surface area contributed by atoms with Gasteiger partial charge in [0.15, 0.2) is 0 Å². The Morgan fingerprint density at radius 1 is 1.03 bits per heavy atom. The molecule has 0 spiro atoms. The standard InChI is InChI=1S/C29H40ClN2O2Si/c1-20-27(26(33)19-31-16-8-7-9-17-31)24-15-10-21(28(29(2,3)4)34-35(5)6)18-25(24)32(20)23-13-11-22(30)12-14-23/h10-15,18,26,28,33H,7-9,16-17,19H2,1-6H3. The number of halogens is 1. The molecule has 2 unspecified atom stereocenters. The van der Waals surface area contributed by atoms with Crippen molar-refractivity contribution in [2.75, 3.05) is 19.6 Å². The smallest absolute Gasteiger partial charge is 0.205 e. The van der Waals surface area contributed by atoms with Gasteiger partial charge in [0.1, 0.15) is 0 Å². The zero-order chi connectivity index (χ0) is 25.3. The van der Waals surface area contributed by atoms with Crippen LogP contribution in [0.1, 0.15) is 69.1 Å². The second kappa shape index (κ2) is 10.8. The molecule has 35 heavy (non-hydrogen) atoms. The fourth-order valence-electron chi connectivity index (χ4n) is 5.42. The molecule has 2 heterocycles. The Bertz CT molecular complexity index is 1140. The van der Waals surface area contributed by atoms with Gasteiger partial charge in [-0.25, -0.2) is 0 Å². The minimum atomic E-state index is -0.881. The lowest BCUT2D eigenvalue weighted by atomic mass is 9.84. The molecular weight excluding hydrogens is 472 g/mol. The number of nitrogens with zero attached hydrogens (tertiary/aromatic N) is 2. The van der Waals surface area contributed by atoms with Crippen LogP contribution in [0.4, 0.5) is 0 Å². The van der Waals surface area contributed by atoms with Crippen LogP contribution in [0.25, 0.3) is 16.6 Å². The summed E-state index contributed by atoms with van der Waals surface area (Å²) >= 11 is 6.22. The minimum Gasteiger partial charge on any atom is -0.410 e. The van der Waals surface area contributed by atoms with Gasteiger partial charge in [0, 0.05) is 33.9 Å². The van der Waals surface area contributed by atoms with E-state index in [-0.39, 0.29) is 11.5 Å². The van der Waals surface area contributed by atoms with Crippen LogP contribution in [-0.4, -0.2) is 43.2 Å². The van der Waals surface area contributed by atoms with Crippen LogP contribution in [-0.2, 0) is 4.43 Å². The van der Waals surface area contributed by atoms with E-state index < -0.39 is 15.1 Å². The predicted molar refractivity (Wildman–Crippen MR) is 149 cm³/mol. The van der Waals surface area contributed by atoms with Crippen LogP contribution in [0.3, 0.4) is 0 Å². The third kappa shape index (κ3) is 5.86. The van der Waals surface area contributed by atoms with Crippen LogP contribution < -0.4 is 0 Å². The molecular formula is C29H40ClN2O2Si. The molecule has 0 aliphatic carbocycles. The topological polar surface area (TPSA) is 37.6 Å². The molecule has 1 saturated heterocycles. The molecule has 1 aliphatic rings. The van der Waals surface area contributed by atoms with Gasteiger partial charge in [-0.05, 0) is 87.3 Å². The van der Waals surface area contributed by atoms with E-state index in [2.05, 4.69) is 80.6 Å². The highest BCUT2D eigenvalue weighted by atomic mass is 35.5. The molecule has 4 nitrogen and oxygen atoms in total. The summed E-state index contributed by atoms with van der Waals surface area (Å²) in [7, 11) is -0.881. The van der Waals surface area contributed by atoms with Gasteiger partial charge in [-0.1, -0.05) is 50.9 Å². The summed E-state index contributed by atoms with van der Waals surface area (Å²) in [4.78, 5) is 2.41. The first-order chi connectivity index (χ1) is 16.6. The predicted octanol–water partition coefficient (Wildman–Crippen LogP) is 7.47. The Hall–Kier alpha value is -1.63. The van der Waals surface area contributed by atoms with Gasteiger partial charge in [0.25, 0.3) is 0 Å². The van der Waals surface area contributed by atoms with E-state index >= 15 is 0 Å². The SMILES string of the molecule is Cc1c(C(O)CN2CCCCC2)c2ccc(C(O[Si](C)C)C(C)(C)C)cc2n1-c1ccc(Cl)cc1. The van der Waals surface area contributed by atoms with E-state index in [1.54, 1.807) is 0 Å². The first-order valence-corrected chi connectivity index (χ1v) is 15.6. The van der Waals surface area contributed by atoms with Crippen LogP contribution >= 0.6 is 11.6 Å². The maximum Gasteiger partial charge on any atom is 0.205 e. The van der Waals surface area contributed by atoms with Crippen LogP contribution in [0.2, 0.25) is 18.1 Å². The van der Waals surface area contributed by atoms with Gasteiger partial charge in [-0.3, -0.25) is 0 Å². The van der Waals surface area contributed by atoms with E-state index in [1.807, 2.05) is 12.1 Å². The second-order valence-electron chi connectivity index (χ2n) is 11.2. The van der Waals surface area contributed by atoms with Crippen molar-refractivity contribution in [2.45, 2.75) is 72.3 Å². The Morgan fingerprint density at radius 3 is 2.29 bits per heavy atom. The highest BCUT2D eigenvalue weighted by Crippen LogP contribution is 2.40. The van der Waals surface area contributed by atoms with Crippen molar-refractivity contribution in [1.82, 2.24) is 9.47 Å². The third-order valence-electron chi connectivity index (χ3n) is 7.02. The fourth-order valence-corrected chi connectivity index (χ4v) is 6.51. The van der Waals surface area contributed by atoms with Crippen molar-refractivity contribution in [3.05, 3.63) is 64.3 Å². The summed E-state index contributed by atoms with van der Waals surface area (Å²) in [5.74, 6) is 0. The number of aliphatic hydroxyl groups excluding tert-OH is 1. The third-order valence-corrected chi connectivity index (χ3v) is 7.98. The zero-order valence-electron chi connectivity index (χ0n) is 22.1. The van der Waals surface area contributed by atoms with E-state index in [9.17, 15) is 5.11 Å². The van der Waals surface area contributed by atoms with Crippen LogP contribution in [0.5, 0.6) is 0 Å². The number of aromatic nitrogens is 1. The lowest BCUT2D eigenvalue weighted by molar-refractivity contribution is 0.0867. The first kappa shape index (κ1) is 26.4. The van der Waals surface area contributed by atoms with Crippen molar-refractivity contribution in [3.8, 4) is 5.69 Å². The van der Waals surface area contributed by atoms with E-state index in [0.717, 1.165) is 46.0 Å². The normalized spacial score (nSPS) is 17.3. The number of benzene rings is 2. The van der Waals surface area contributed by atoms with Crippen LogP contribution in [0.15, 0.2) is 42.5 Å². The summed E-state index contributed by atoms with van der Waals surface area (Å²) in [5.41, 5.74) is 5.41. The maximum atomic E-state index is 11.5. The summed E-state index contributed by atoms with van der Waals surface area (Å²) in [6, 6.07) is 14.6. The summed E-state index contributed by atoms with van der Waals surface area (Å²) in [6.07, 6.45) is 3.19. The Balaban J connectivity index is 1.86. The molecule has 1 N–H and O–H groups in total. The van der Waals surface area contributed by atoms with Gasteiger partial charge in [-0.15, -0.1) is 0 Å². The molecule has 0 amide bonds. The molecule has 1 aromatic heterocycles. The van der Waals surface area contributed by atoms with Gasteiger partial charge in [-0.2, -0.15) is 0 Å². The number of rotatable bonds is 7. The average Bonchev–Trinajstić information content (AvgIpc) is 3.09. The minimum absolute atomic E-state index is 0.00591. The quantitative estimate of drug-likeness (QED) is 0.334. The Labute approximate surface area is 217 Å². The average molecular weight is 512 g/mol. The second-order valence-corrected chi connectivity index (χ2v) is 13.7. The molecule has 1 aliphatic heterocycles. The Morgan fingerprint density at radius 2 is 1.69 bits per heavy atom. The van der Waals surface area contributed by atoms with Gasteiger partial charge < -0.3 is 19.0 Å². The van der Waals surface area contributed by atoms with E-state index in [4.69, 9.17) is 16.0 Å². The Kier molecular flexibility index (Phi) is 8.14. The number of hydrogen-bond acceptors (Lipinski definition) is 3. The maximum absolute atomic E-state index is 11.5. The van der Waals surface area contributed by atoms with E-state index in [0.29, 0.717) is 6.54 Å². The molecule has 6 heteroatoms. The number of likely N-dealkylation sites (tertiary alicyclic amines) is 1. The summed E-state index contributed by atoms with van der Waals surface area (Å²) in [5, 5.41) is 13.3. The number of β-amino-alcohol motifs (C(OH)–C–C–N with tert-alkyl or cyclic N) is 1. The monoisotopic (exact) mass is 511 g/mol. The highest BCUT2D eigenvalue weighted by molar-refractivity contribution is 6.48. The lowest BCUT2D eigenvalue weighted by Gasteiger charge is -2.33. The van der Waals surface area contributed by atoms with Crippen molar-refractivity contribution in [3.63, 3.8) is 0 Å². The molecule has 0 saturated carbocycles. The van der Waals surface area contributed by atoms with Crippen molar-refractivity contribution in [2.24, 2.45) is 5.41 Å². The molecule has 1 radical (unpaired) electrons. The van der Waals surface area contributed by atoms with Gasteiger partial charge in [0.2, 0.25) is 9.04 Å². The molecule has 1 fully saturated rings. The highest BCUT2D eigenvalue weighted by Gasteiger charge is 2.30. The lowest BCUT2D eigenvalue weighted by Crippen LogP contribution is -2.33. The summed E-state index contributed by atoms with van der Waals surface area (Å²) in [6.45, 7) is 16.0. The number of piperidine rings is 1. The molecule has 3 aromatic rings. The van der Waals surface area contributed by atoms with Gasteiger partial charge >= 0.3 is 0 Å². The van der Waals surface area contributed by atoms with Crippen LogP contribution in [0, 0.1) is 12.3 Å². The molecule has 189 valence electrons. The molecule has 2 aromatic carbocycles.